The molecule has 0 radical (unpaired) electrons. The van der Waals surface area contributed by atoms with Crippen molar-refractivity contribution in [3.8, 4) is 11.1 Å². The summed E-state index contributed by atoms with van der Waals surface area (Å²) in [5.74, 6) is 0. The highest BCUT2D eigenvalue weighted by atomic mass is 16.8. The van der Waals surface area contributed by atoms with E-state index in [0.717, 1.165) is 22.4 Å². The molecule has 5 unspecified atom stereocenters. The van der Waals surface area contributed by atoms with Gasteiger partial charge in [-0.25, -0.2) is 28.8 Å². The van der Waals surface area contributed by atoms with Crippen LogP contribution in [0.2, 0.25) is 0 Å². The van der Waals surface area contributed by atoms with Crippen molar-refractivity contribution >= 4 is 54.0 Å². The minimum absolute atomic E-state index is 0.00635. The van der Waals surface area contributed by atoms with Crippen LogP contribution < -0.4 is 14.7 Å². The Morgan fingerprint density at radius 1 is 0.552 bits per heavy atom. The van der Waals surface area contributed by atoms with Gasteiger partial charge in [0.2, 0.25) is 0 Å². The fourth-order valence-corrected chi connectivity index (χ4v) is 7.07. The van der Waals surface area contributed by atoms with Crippen LogP contribution in [0.1, 0.15) is 5.56 Å². The van der Waals surface area contributed by atoms with Gasteiger partial charge >= 0.3 is 36.9 Å². The lowest BCUT2D eigenvalue weighted by atomic mass is 9.99. The van der Waals surface area contributed by atoms with Gasteiger partial charge in [-0.15, -0.1) is 0 Å². The van der Waals surface area contributed by atoms with Gasteiger partial charge in [0.05, 0.1) is 57.8 Å². The summed E-state index contributed by atoms with van der Waals surface area (Å²) in [5, 5.41) is 0. The minimum Gasteiger partial charge on any atom is -0.438 e. The largest absolute Gasteiger partial charge is 0.508 e. The molecule has 312 valence electrons. The summed E-state index contributed by atoms with van der Waals surface area (Å²) in [6.07, 6.45) is -8.13. The first kappa shape index (κ1) is 39.7. The molecule has 0 saturated carbocycles. The maximum Gasteiger partial charge on any atom is 0.508 e. The summed E-state index contributed by atoms with van der Waals surface area (Å²) in [4.78, 5) is 76.9. The van der Waals surface area contributed by atoms with Crippen molar-refractivity contribution in [3.63, 3.8) is 0 Å². The molecule has 0 bridgehead atoms. The third-order valence-corrected chi connectivity index (χ3v) is 9.65. The molecule has 0 amide bonds. The summed E-state index contributed by atoms with van der Waals surface area (Å²) in [6, 6.07) is 11.4. The highest BCUT2D eigenvalue weighted by molar-refractivity contribution is 5.81. The van der Waals surface area contributed by atoms with E-state index in [4.69, 9.17) is 52.1 Å². The van der Waals surface area contributed by atoms with Crippen LogP contribution in [-0.4, -0.2) is 153 Å². The van der Waals surface area contributed by atoms with Gasteiger partial charge in [-0.1, -0.05) is 12.1 Å². The molecule has 5 saturated heterocycles. The van der Waals surface area contributed by atoms with Crippen LogP contribution in [0.25, 0.3) is 11.1 Å². The summed E-state index contributed by atoms with van der Waals surface area (Å²) in [6.45, 7) is 2.92. The third kappa shape index (κ3) is 9.87. The molecule has 7 rings (SSSR count). The Bertz CT molecular complexity index is 1840. The standard InChI is InChI=1S/C37H41N3O18/c1-21-9-22(3-5-29(21)38(7-8-48-32(41)47-2)11-24-16-49-33(42)54-24)23-4-6-30(39(12-25-17-50-34(43)55-25)13-26-18-51-35(44)56-26)31(10-23)40(14-27-19-52-36(45)57-27)15-28-20-53-37(46)58-28/h3-6,9-10,24-28H,7-8,11-20H2,1-2H3. The zero-order chi connectivity index (χ0) is 40.8. The molecular weight excluding hydrogens is 774 g/mol. The molecule has 5 heterocycles. The second-order valence-electron chi connectivity index (χ2n) is 13.8. The van der Waals surface area contributed by atoms with Gasteiger partial charge in [-0.3, -0.25) is 0 Å². The zero-order valence-electron chi connectivity index (χ0n) is 31.5. The number of benzene rings is 2. The Labute approximate surface area is 330 Å². The van der Waals surface area contributed by atoms with Crippen LogP contribution in [0.4, 0.5) is 45.8 Å². The summed E-state index contributed by atoms with van der Waals surface area (Å²) >= 11 is 0. The number of rotatable bonds is 17. The zero-order valence-corrected chi connectivity index (χ0v) is 31.5. The van der Waals surface area contributed by atoms with Crippen molar-refractivity contribution in [3.05, 3.63) is 42.0 Å². The smallest absolute Gasteiger partial charge is 0.438 e. The van der Waals surface area contributed by atoms with Crippen molar-refractivity contribution < 1.29 is 85.6 Å². The van der Waals surface area contributed by atoms with Gasteiger partial charge in [0.1, 0.15) is 39.6 Å². The Balaban J connectivity index is 1.25. The van der Waals surface area contributed by atoms with Gasteiger partial charge in [0.15, 0.2) is 30.5 Å². The molecule has 58 heavy (non-hydrogen) atoms. The molecule has 5 fully saturated rings. The number of anilines is 3. The van der Waals surface area contributed by atoms with E-state index in [1.807, 2.05) is 58.0 Å². The predicted octanol–water partition coefficient (Wildman–Crippen LogP) is 3.54. The van der Waals surface area contributed by atoms with E-state index in [1.165, 1.54) is 7.11 Å². The fourth-order valence-electron chi connectivity index (χ4n) is 7.07. The van der Waals surface area contributed by atoms with Crippen LogP contribution in [-0.2, 0) is 56.8 Å². The summed E-state index contributed by atoms with van der Waals surface area (Å²) in [7, 11) is 1.21. The topological polar surface area (TPSA) is 223 Å². The molecule has 5 aliphatic heterocycles. The number of methoxy groups -OCH3 is 1. The lowest BCUT2D eigenvalue weighted by molar-refractivity contribution is 0.0742. The lowest BCUT2D eigenvalue weighted by Gasteiger charge is -2.35. The van der Waals surface area contributed by atoms with Crippen molar-refractivity contribution in [2.45, 2.75) is 37.4 Å². The maximum atomic E-state index is 12.0. The first-order valence-corrected chi connectivity index (χ1v) is 18.4. The Morgan fingerprint density at radius 3 is 1.31 bits per heavy atom. The van der Waals surface area contributed by atoms with Gasteiger partial charge in [-0.05, 0) is 47.9 Å². The van der Waals surface area contributed by atoms with Crippen molar-refractivity contribution in [1.82, 2.24) is 0 Å². The molecule has 21 nitrogen and oxygen atoms in total. The molecule has 0 aliphatic carbocycles. The van der Waals surface area contributed by atoms with E-state index in [2.05, 4.69) is 4.74 Å². The number of nitrogens with zero attached hydrogens (tertiary/aromatic N) is 3. The molecule has 0 N–H and O–H groups in total. The van der Waals surface area contributed by atoms with Crippen molar-refractivity contribution in [1.29, 1.82) is 0 Å². The SMILES string of the molecule is COC(=O)OCCN(CC1COC(=O)O1)c1ccc(-c2ccc(N(CC3COC(=O)O3)CC3COC(=O)O3)c(N(CC3COC(=O)O3)CC3COC(=O)O3)c2)cc1C. The van der Waals surface area contributed by atoms with E-state index >= 15 is 0 Å². The van der Waals surface area contributed by atoms with Gasteiger partial charge in [0, 0.05) is 5.69 Å². The van der Waals surface area contributed by atoms with E-state index in [-0.39, 0.29) is 78.9 Å². The Morgan fingerprint density at radius 2 is 0.931 bits per heavy atom. The van der Waals surface area contributed by atoms with Gasteiger partial charge in [0.25, 0.3) is 0 Å². The van der Waals surface area contributed by atoms with Crippen LogP contribution in [0.5, 0.6) is 0 Å². The molecule has 2 aromatic rings. The van der Waals surface area contributed by atoms with E-state index in [1.54, 1.807) is 0 Å². The number of aryl methyl sites for hydroxylation is 1. The predicted molar refractivity (Wildman–Crippen MR) is 193 cm³/mol. The minimum atomic E-state index is -0.832. The summed E-state index contributed by atoms with van der Waals surface area (Å²) < 4.78 is 62.0. The van der Waals surface area contributed by atoms with Crippen LogP contribution >= 0.6 is 0 Å². The molecule has 0 spiro atoms. The molecule has 21 heteroatoms. The molecule has 5 atom stereocenters. The molecule has 2 aromatic carbocycles. The first-order valence-electron chi connectivity index (χ1n) is 18.4. The quantitative estimate of drug-likeness (QED) is 0.164. The highest BCUT2D eigenvalue weighted by Gasteiger charge is 2.36. The normalized spacial score (nSPS) is 23.2. The third-order valence-electron chi connectivity index (χ3n) is 9.65. The number of hydrogen-bond donors (Lipinski definition) is 0. The fraction of sp³-hybridized carbons (Fsp3) is 0.514. The molecule has 0 aromatic heterocycles. The second-order valence-corrected chi connectivity index (χ2v) is 13.8. The monoisotopic (exact) mass is 815 g/mol. The van der Waals surface area contributed by atoms with E-state index in [9.17, 15) is 28.8 Å². The number of cyclic esters (lactones) is 10. The van der Waals surface area contributed by atoms with Crippen LogP contribution in [0.15, 0.2) is 36.4 Å². The van der Waals surface area contributed by atoms with E-state index < -0.39 is 67.5 Å². The maximum absolute atomic E-state index is 12.0. The molecular formula is C37H41N3O18. The van der Waals surface area contributed by atoms with Crippen molar-refractivity contribution in [2.24, 2.45) is 0 Å². The highest BCUT2D eigenvalue weighted by Crippen LogP contribution is 2.38. The summed E-state index contributed by atoms with van der Waals surface area (Å²) in [5.41, 5.74) is 4.35. The number of ether oxygens (including phenoxy) is 12. The van der Waals surface area contributed by atoms with Crippen LogP contribution in [0.3, 0.4) is 0 Å². The number of carbonyl (C=O) groups is 6. The first-order chi connectivity index (χ1) is 28.0. The Kier molecular flexibility index (Phi) is 12.1. The van der Waals surface area contributed by atoms with E-state index in [0.29, 0.717) is 11.4 Å². The van der Waals surface area contributed by atoms with Crippen molar-refractivity contribution in [2.75, 3.05) is 101 Å². The average molecular weight is 816 g/mol. The molecule has 5 aliphatic rings. The second kappa shape index (κ2) is 17.7. The number of carbonyl (C=O) groups excluding carboxylic acids is 6. The number of hydrogen-bond acceptors (Lipinski definition) is 21. The van der Waals surface area contributed by atoms with Gasteiger partial charge < -0.3 is 71.5 Å². The van der Waals surface area contributed by atoms with Gasteiger partial charge in [-0.2, -0.15) is 0 Å². The van der Waals surface area contributed by atoms with Crippen LogP contribution in [0, 0.1) is 6.92 Å². The Hall–Kier alpha value is -6.54. The average Bonchev–Trinajstić information content (AvgIpc) is 4.06. The lowest BCUT2D eigenvalue weighted by Crippen LogP contribution is -2.43.